The zero-order valence-corrected chi connectivity index (χ0v) is 10.3. The highest BCUT2D eigenvalue weighted by molar-refractivity contribution is 14.1. The topological polar surface area (TPSA) is 17.8 Å². The summed E-state index contributed by atoms with van der Waals surface area (Å²) in [5, 5.41) is 0. The molecule has 0 bridgehead atoms. The standard InChI is InChI=1S/C7H8I2N2/c8-6-7(9)11-4-2-1-3-5(11)10-6/h1-4H2. The molecule has 2 heterocycles. The smallest absolute Gasteiger partial charge is 0.133 e. The highest BCUT2D eigenvalue weighted by atomic mass is 127. The van der Waals surface area contributed by atoms with Crippen LogP contribution in [0.15, 0.2) is 0 Å². The van der Waals surface area contributed by atoms with E-state index in [1.807, 2.05) is 0 Å². The molecule has 0 unspecified atom stereocenters. The maximum Gasteiger partial charge on any atom is 0.133 e. The van der Waals surface area contributed by atoms with E-state index in [0.717, 1.165) is 0 Å². The minimum atomic E-state index is 1.17. The Hall–Kier alpha value is 0.670. The van der Waals surface area contributed by atoms with Gasteiger partial charge in [0, 0.05) is 13.0 Å². The molecule has 1 aliphatic rings. The fourth-order valence-electron chi connectivity index (χ4n) is 1.42. The van der Waals surface area contributed by atoms with Crippen LogP contribution in [0.4, 0.5) is 0 Å². The lowest BCUT2D eigenvalue weighted by molar-refractivity contribution is 0.515. The van der Waals surface area contributed by atoms with Crippen molar-refractivity contribution in [2.75, 3.05) is 0 Å². The maximum atomic E-state index is 4.49. The molecule has 0 amide bonds. The minimum Gasteiger partial charge on any atom is -0.323 e. The van der Waals surface area contributed by atoms with Crippen molar-refractivity contribution in [3.8, 4) is 0 Å². The fourth-order valence-corrected chi connectivity index (χ4v) is 2.63. The van der Waals surface area contributed by atoms with Crippen LogP contribution in [0.2, 0.25) is 0 Å². The van der Waals surface area contributed by atoms with E-state index < -0.39 is 0 Å². The van der Waals surface area contributed by atoms with Crippen LogP contribution in [0.3, 0.4) is 0 Å². The molecule has 2 rings (SSSR count). The Kier molecular flexibility index (Phi) is 2.40. The van der Waals surface area contributed by atoms with Crippen LogP contribution in [0.25, 0.3) is 0 Å². The van der Waals surface area contributed by atoms with Gasteiger partial charge in [-0.25, -0.2) is 4.98 Å². The van der Waals surface area contributed by atoms with Gasteiger partial charge in [0.05, 0.1) is 0 Å². The predicted molar refractivity (Wildman–Crippen MR) is 60.6 cm³/mol. The van der Waals surface area contributed by atoms with Crippen LogP contribution in [0.5, 0.6) is 0 Å². The van der Waals surface area contributed by atoms with Gasteiger partial charge in [-0.1, -0.05) is 0 Å². The molecule has 0 aliphatic carbocycles. The summed E-state index contributed by atoms with van der Waals surface area (Å²) in [5.74, 6) is 1.28. The van der Waals surface area contributed by atoms with E-state index in [2.05, 4.69) is 54.7 Å². The number of fused-ring (bicyclic) bond motifs is 1. The second-order valence-corrected chi connectivity index (χ2v) is 4.76. The van der Waals surface area contributed by atoms with Crippen molar-refractivity contribution in [1.29, 1.82) is 0 Å². The lowest BCUT2D eigenvalue weighted by atomic mass is 10.2. The first kappa shape index (κ1) is 8.28. The number of aryl methyl sites for hydroxylation is 1. The van der Waals surface area contributed by atoms with Crippen LogP contribution in [0.1, 0.15) is 18.7 Å². The van der Waals surface area contributed by atoms with Gasteiger partial charge in [0.15, 0.2) is 0 Å². The molecular weight excluding hydrogens is 366 g/mol. The number of imidazole rings is 1. The second-order valence-electron chi connectivity index (χ2n) is 2.72. The third-order valence-corrected chi connectivity index (χ3v) is 4.86. The molecule has 0 atom stereocenters. The van der Waals surface area contributed by atoms with E-state index in [9.17, 15) is 0 Å². The van der Waals surface area contributed by atoms with Gasteiger partial charge in [0.1, 0.15) is 13.2 Å². The average Bonchev–Trinajstić information content (AvgIpc) is 2.30. The highest BCUT2D eigenvalue weighted by Crippen LogP contribution is 2.21. The Bertz CT molecular complexity index is 280. The van der Waals surface area contributed by atoms with Crippen molar-refractivity contribution in [3.05, 3.63) is 13.2 Å². The van der Waals surface area contributed by atoms with Crippen LogP contribution in [-0.2, 0) is 13.0 Å². The zero-order chi connectivity index (χ0) is 7.84. The summed E-state index contributed by atoms with van der Waals surface area (Å²) < 4.78 is 4.82. The number of rotatable bonds is 0. The molecule has 0 aromatic carbocycles. The number of hydrogen-bond donors (Lipinski definition) is 0. The van der Waals surface area contributed by atoms with Crippen molar-refractivity contribution >= 4 is 45.2 Å². The summed E-state index contributed by atoms with van der Waals surface area (Å²) in [7, 11) is 0. The second kappa shape index (κ2) is 3.20. The third-order valence-electron chi connectivity index (χ3n) is 1.98. The summed E-state index contributed by atoms with van der Waals surface area (Å²) in [5.41, 5.74) is 0. The summed E-state index contributed by atoms with van der Waals surface area (Å²) >= 11 is 4.68. The monoisotopic (exact) mass is 374 g/mol. The molecule has 11 heavy (non-hydrogen) atoms. The minimum absolute atomic E-state index is 1.17. The fraction of sp³-hybridized carbons (Fsp3) is 0.571. The molecule has 2 nitrogen and oxygen atoms in total. The molecule has 0 fully saturated rings. The van der Waals surface area contributed by atoms with Crippen LogP contribution < -0.4 is 0 Å². The number of halogens is 2. The first-order valence-electron chi connectivity index (χ1n) is 3.69. The molecule has 1 aliphatic heterocycles. The van der Waals surface area contributed by atoms with Gasteiger partial charge in [-0.3, -0.25) is 0 Å². The first-order valence-corrected chi connectivity index (χ1v) is 5.85. The Morgan fingerprint density at radius 2 is 2.09 bits per heavy atom. The van der Waals surface area contributed by atoms with E-state index in [1.165, 1.54) is 39.0 Å². The number of nitrogens with zero attached hydrogens (tertiary/aromatic N) is 2. The van der Waals surface area contributed by atoms with Crippen molar-refractivity contribution in [1.82, 2.24) is 9.55 Å². The van der Waals surface area contributed by atoms with Gasteiger partial charge in [-0.15, -0.1) is 0 Å². The van der Waals surface area contributed by atoms with Gasteiger partial charge in [0.2, 0.25) is 0 Å². The van der Waals surface area contributed by atoms with Crippen molar-refractivity contribution in [3.63, 3.8) is 0 Å². The quantitative estimate of drug-likeness (QED) is 0.639. The Morgan fingerprint density at radius 3 is 2.82 bits per heavy atom. The first-order chi connectivity index (χ1) is 5.29. The van der Waals surface area contributed by atoms with Crippen LogP contribution >= 0.6 is 45.2 Å². The lowest BCUT2D eigenvalue weighted by Gasteiger charge is -2.13. The molecule has 0 spiro atoms. The van der Waals surface area contributed by atoms with Crippen molar-refractivity contribution in [2.45, 2.75) is 25.8 Å². The summed E-state index contributed by atoms with van der Waals surface area (Å²) in [6.45, 7) is 1.17. The summed E-state index contributed by atoms with van der Waals surface area (Å²) in [6, 6.07) is 0. The van der Waals surface area contributed by atoms with Crippen molar-refractivity contribution < 1.29 is 0 Å². The van der Waals surface area contributed by atoms with Gasteiger partial charge in [-0.2, -0.15) is 0 Å². The Balaban J connectivity index is 2.50. The maximum absolute atomic E-state index is 4.49. The van der Waals surface area contributed by atoms with E-state index in [4.69, 9.17) is 0 Å². The van der Waals surface area contributed by atoms with E-state index in [-0.39, 0.29) is 0 Å². The molecular formula is C7H8I2N2. The largest absolute Gasteiger partial charge is 0.323 e. The van der Waals surface area contributed by atoms with E-state index >= 15 is 0 Å². The molecule has 0 saturated heterocycles. The van der Waals surface area contributed by atoms with Gasteiger partial charge in [0.25, 0.3) is 0 Å². The van der Waals surface area contributed by atoms with Gasteiger partial charge < -0.3 is 4.57 Å². The van der Waals surface area contributed by atoms with Gasteiger partial charge >= 0.3 is 0 Å². The normalized spacial score (nSPS) is 16.5. The zero-order valence-electron chi connectivity index (χ0n) is 5.98. The Morgan fingerprint density at radius 1 is 1.27 bits per heavy atom. The molecule has 0 N–H and O–H groups in total. The third kappa shape index (κ3) is 1.43. The number of aromatic nitrogens is 2. The predicted octanol–water partition coefficient (Wildman–Crippen LogP) is 2.43. The Labute approximate surface area is 93.0 Å². The molecule has 1 aromatic heterocycles. The SMILES string of the molecule is Ic1nc2n(c1I)CCCC2. The van der Waals surface area contributed by atoms with Crippen LogP contribution in [0, 0.1) is 7.40 Å². The lowest BCUT2D eigenvalue weighted by Crippen LogP contribution is -2.11. The molecule has 1 aromatic rings. The molecule has 4 heteroatoms. The highest BCUT2D eigenvalue weighted by Gasteiger charge is 2.15. The van der Waals surface area contributed by atoms with E-state index in [0.29, 0.717) is 0 Å². The molecule has 0 radical (unpaired) electrons. The summed E-state index contributed by atoms with van der Waals surface area (Å²) in [6.07, 6.45) is 3.79. The van der Waals surface area contributed by atoms with Crippen molar-refractivity contribution in [2.24, 2.45) is 0 Å². The molecule has 0 saturated carbocycles. The van der Waals surface area contributed by atoms with Gasteiger partial charge in [-0.05, 0) is 58.0 Å². The average molecular weight is 374 g/mol. The van der Waals surface area contributed by atoms with Crippen LogP contribution in [-0.4, -0.2) is 9.55 Å². The van der Waals surface area contributed by atoms with E-state index in [1.54, 1.807) is 0 Å². The summed E-state index contributed by atoms with van der Waals surface area (Å²) in [4.78, 5) is 4.49. The number of hydrogen-bond acceptors (Lipinski definition) is 1. The molecule has 60 valence electrons.